The molecule has 0 fully saturated rings. The van der Waals surface area contributed by atoms with Crippen molar-refractivity contribution in [1.29, 1.82) is 0 Å². The summed E-state index contributed by atoms with van der Waals surface area (Å²) in [5, 5.41) is 7.31. The summed E-state index contributed by atoms with van der Waals surface area (Å²) in [5.41, 5.74) is 4.95. The van der Waals surface area contributed by atoms with Crippen molar-refractivity contribution in [1.82, 2.24) is 9.78 Å². The molecule has 1 heterocycles. The van der Waals surface area contributed by atoms with Crippen LogP contribution in [0.2, 0.25) is 0 Å². The van der Waals surface area contributed by atoms with Crippen molar-refractivity contribution in [3.63, 3.8) is 0 Å². The molecule has 0 aliphatic heterocycles. The minimum Gasteiger partial charge on any atom is -0.372 e. The van der Waals surface area contributed by atoms with Gasteiger partial charge in [0, 0.05) is 42.8 Å². The number of hydrogen-bond acceptors (Lipinski definition) is 3. The second-order valence-electron chi connectivity index (χ2n) is 5.72. The van der Waals surface area contributed by atoms with Gasteiger partial charge in [-0.2, -0.15) is 5.10 Å². The second-order valence-corrected chi connectivity index (χ2v) is 5.72. The highest BCUT2D eigenvalue weighted by Gasteiger charge is 2.13. The van der Waals surface area contributed by atoms with E-state index in [0.29, 0.717) is 6.42 Å². The van der Waals surface area contributed by atoms with Gasteiger partial charge in [0.1, 0.15) is 0 Å². The first-order chi connectivity index (χ1) is 11.0. The predicted molar refractivity (Wildman–Crippen MR) is 95.0 cm³/mol. The van der Waals surface area contributed by atoms with Gasteiger partial charge in [-0.05, 0) is 52.0 Å². The van der Waals surface area contributed by atoms with Crippen LogP contribution in [0.15, 0.2) is 24.3 Å². The maximum absolute atomic E-state index is 12.3. The molecule has 2 aromatic rings. The third kappa shape index (κ3) is 3.92. The van der Waals surface area contributed by atoms with Crippen LogP contribution >= 0.6 is 0 Å². The van der Waals surface area contributed by atoms with Gasteiger partial charge in [-0.1, -0.05) is 0 Å². The van der Waals surface area contributed by atoms with E-state index in [0.717, 1.165) is 35.7 Å². The van der Waals surface area contributed by atoms with Crippen LogP contribution < -0.4 is 10.2 Å². The standard InChI is InChI=1S/C18H26N4O/c1-6-22(7-2)16-10-8-15(9-11-16)19-18(23)12-17-13(3)20-21(5)14(17)4/h8-11H,6-7,12H2,1-5H3,(H,19,23). The first-order valence-corrected chi connectivity index (χ1v) is 8.10. The van der Waals surface area contributed by atoms with Crippen LogP contribution in [0.1, 0.15) is 30.8 Å². The number of carbonyl (C=O) groups excluding carboxylic acids is 1. The van der Waals surface area contributed by atoms with E-state index in [4.69, 9.17) is 0 Å². The van der Waals surface area contributed by atoms with Crippen molar-refractivity contribution in [3.8, 4) is 0 Å². The summed E-state index contributed by atoms with van der Waals surface area (Å²) in [7, 11) is 1.90. The van der Waals surface area contributed by atoms with Crippen LogP contribution in [0.5, 0.6) is 0 Å². The topological polar surface area (TPSA) is 50.2 Å². The Morgan fingerprint density at radius 2 is 1.78 bits per heavy atom. The van der Waals surface area contributed by atoms with Crippen LogP contribution in [0.4, 0.5) is 11.4 Å². The van der Waals surface area contributed by atoms with Gasteiger partial charge in [-0.3, -0.25) is 9.48 Å². The largest absolute Gasteiger partial charge is 0.372 e. The van der Waals surface area contributed by atoms with E-state index in [1.807, 2.05) is 49.8 Å². The molecule has 0 atom stereocenters. The van der Waals surface area contributed by atoms with Gasteiger partial charge in [0.2, 0.25) is 5.91 Å². The monoisotopic (exact) mass is 314 g/mol. The molecule has 0 saturated heterocycles. The Kier molecular flexibility index (Phi) is 5.42. The van der Waals surface area contributed by atoms with E-state index >= 15 is 0 Å². The fourth-order valence-corrected chi connectivity index (χ4v) is 2.78. The van der Waals surface area contributed by atoms with Crippen LogP contribution in [0.3, 0.4) is 0 Å². The minimum absolute atomic E-state index is 0.0141. The van der Waals surface area contributed by atoms with E-state index < -0.39 is 0 Å². The molecule has 1 aromatic heterocycles. The molecule has 0 radical (unpaired) electrons. The van der Waals surface area contributed by atoms with Crippen molar-refractivity contribution in [2.24, 2.45) is 7.05 Å². The number of rotatable bonds is 6. The Hall–Kier alpha value is -2.30. The van der Waals surface area contributed by atoms with E-state index in [1.54, 1.807) is 0 Å². The zero-order valence-corrected chi connectivity index (χ0v) is 14.7. The lowest BCUT2D eigenvalue weighted by molar-refractivity contribution is -0.115. The molecule has 0 aliphatic carbocycles. The number of aryl methyl sites for hydroxylation is 2. The Balaban J connectivity index is 2.03. The fourth-order valence-electron chi connectivity index (χ4n) is 2.78. The smallest absolute Gasteiger partial charge is 0.228 e. The highest BCUT2D eigenvalue weighted by atomic mass is 16.1. The Bertz CT molecular complexity index is 669. The van der Waals surface area contributed by atoms with E-state index in [2.05, 4.69) is 29.2 Å². The Labute approximate surface area is 138 Å². The normalized spacial score (nSPS) is 10.7. The zero-order chi connectivity index (χ0) is 17.0. The van der Waals surface area contributed by atoms with Crippen molar-refractivity contribution < 1.29 is 4.79 Å². The number of aromatic nitrogens is 2. The average molecular weight is 314 g/mol. The maximum atomic E-state index is 12.3. The van der Waals surface area contributed by atoms with Crippen molar-refractivity contribution in [2.45, 2.75) is 34.1 Å². The molecule has 0 saturated carbocycles. The Morgan fingerprint density at radius 3 is 2.26 bits per heavy atom. The van der Waals surface area contributed by atoms with Crippen molar-refractivity contribution in [2.75, 3.05) is 23.3 Å². The minimum atomic E-state index is -0.0141. The third-order valence-electron chi connectivity index (χ3n) is 4.28. The lowest BCUT2D eigenvalue weighted by Gasteiger charge is -2.21. The summed E-state index contributed by atoms with van der Waals surface area (Å²) in [6.45, 7) is 10.1. The molecule has 5 nitrogen and oxygen atoms in total. The molecule has 1 N–H and O–H groups in total. The summed E-state index contributed by atoms with van der Waals surface area (Å²) >= 11 is 0. The molecule has 124 valence electrons. The van der Waals surface area contributed by atoms with Crippen molar-refractivity contribution >= 4 is 17.3 Å². The molecule has 0 bridgehead atoms. The van der Waals surface area contributed by atoms with E-state index in [-0.39, 0.29) is 5.91 Å². The molecule has 1 aromatic carbocycles. The van der Waals surface area contributed by atoms with Gasteiger partial charge in [0.25, 0.3) is 0 Å². The summed E-state index contributed by atoms with van der Waals surface area (Å²) in [4.78, 5) is 14.5. The molecular weight excluding hydrogens is 288 g/mol. The molecular formula is C18H26N4O. The number of benzene rings is 1. The molecule has 0 spiro atoms. The summed E-state index contributed by atoms with van der Waals surface area (Å²) in [5.74, 6) is -0.0141. The van der Waals surface area contributed by atoms with E-state index in [9.17, 15) is 4.79 Å². The second kappa shape index (κ2) is 7.31. The van der Waals surface area contributed by atoms with Gasteiger partial charge in [0.05, 0.1) is 12.1 Å². The molecule has 1 amide bonds. The predicted octanol–water partition coefficient (Wildman–Crippen LogP) is 3.06. The van der Waals surface area contributed by atoms with Crippen molar-refractivity contribution in [3.05, 3.63) is 41.2 Å². The van der Waals surface area contributed by atoms with Gasteiger partial charge in [0.15, 0.2) is 0 Å². The lowest BCUT2D eigenvalue weighted by atomic mass is 10.1. The SMILES string of the molecule is CCN(CC)c1ccc(NC(=O)Cc2c(C)nn(C)c2C)cc1. The van der Waals surface area contributed by atoms with Crippen LogP contribution in [0.25, 0.3) is 0 Å². The summed E-state index contributed by atoms with van der Waals surface area (Å²) in [6.07, 6.45) is 0.350. The number of amides is 1. The zero-order valence-electron chi connectivity index (χ0n) is 14.7. The molecule has 5 heteroatoms. The first kappa shape index (κ1) is 17.1. The fraction of sp³-hybridized carbons (Fsp3) is 0.444. The average Bonchev–Trinajstić information content (AvgIpc) is 2.76. The van der Waals surface area contributed by atoms with Crippen LogP contribution in [-0.4, -0.2) is 28.8 Å². The number of anilines is 2. The third-order valence-corrected chi connectivity index (χ3v) is 4.28. The summed E-state index contributed by atoms with van der Waals surface area (Å²) in [6, 6.07) is 8.00. The number of nitrogens with zero attached hydrogens (tertiary/aromatic N) is 3. The molecule has 23 heavy (non-hydrogen) atoms. The molecule has 0 aliphatic rings. The lowest BCUT2D eigenvalue weighted by Crippen LogP contribution is -2.21. The number of nitrogens with one attached hydrogen (secondary N) is 1. The first-order valence-electron chi connectivity index (χ1n) is 8.10. The van der Waals surface area contributed by atoms with Gasteiger partial charge >= 0.3 is 0 Å². The van der Waals surface area contributed by atoms with Gasteiger partial charge < -0.3 is 10.2 Å². The highest BCUT2D eigenvalue weighted by molar-refractivity contribution is 5.92. The molecule has 2 rings (SSSR count). The van der Waals surface area contributed by atoms with E-state index in [1.165, 1.54) is 5.69 Å². The van der Waals surface area contributed by atoms with Gasteiger partial charge in [-0.15, -0.1) is 0 Å². The maximum Gasteiger partial charge on any atom is 0.228 e. The number of carbonyl (C=O) groups is 1. The highest BCUT2D eigenvalue weighted by Crippen LogP contribution is 2.18. The Morgan fingerprint density at radius 1 is 1.17 bits per heavy atom. The summed E-state index contributed by atoms with van der Waals surface area (Å²) < 4.78 is 1.82. The quantitative estimate of drug-likeness (QED) is 0.891. The van der Waals surface area contributed by atoms with Gasteiger partial charge in [-0.25, -0.2) is 0 Å². The molecule has 0 unspecified atom stereocenters. The number of hydrogen-bond donors (Lipinski definition) is 1. The van der Waals surface area contributed by atoms with Crippen LogP contribution in [0, 0.1) is 13.8 Å². The van der Waals surface area contributed by atoms with Crippen LogP contribution in [-0.2, 0) is 18.3 Å².